The molecule has 0 radical (unpaired) electrons. The van der Waals surface area contributed by atoms with Gasteiger partial charge in [0.25, 0.3) is 0 Å². The highest BCUT2D eigenvalue weighted by atomic mass is 32.2. The van der Waals surface area contributed by atoms with Crippen LogP contribution in [0.1, 0.15) is 5.56 Å². The highest BCUT2D eigenvalue weighted by molar-refractivity contribution is 7.99. The number of rotatable bonds is 4. The van der Waals surface area contributed by atoms with Gasteiger partial charge >= 0.3 is 0 Å². The number of benzene rings is 1. The first-order valence-corrected chi connectivity index (χ1v) is 5.00. The van der Waals surface area contributed by atoms with Gasteiger partial charge in [-0.15, -0.1) is 11.8 Å². The Labute approximate surface area is 81.6 Å². The van der Waals surface area contributed by atoms with E-state index in [0.717, 1.165) is 10.5 Å². The largest absolute Gasteiger partial charge is 0.250 e. The number of nitrogens with zero attached hydrogens (tertiary/aromatic N) is 1. The molecule has 0 aliphatic rings. The fourth-order valence-corrected chi connectivity index (χ4v) is 1.59. The molecule has 1 rings (SSSR count). The van der Waals surface area contributed by atoms with Crippen LogP contribution >= 0.6 is 11.8 Å². The van der Waals surface area contributed by atoms with E-state index in [1.165, 1.54) is 11.8 Å². The molecular formula is C10H10FNS. The van der Waals surface area contributed by atoms with Crippen LogP contribution in [0.4, 0.5) is 4.39 Å². The molecule has 0 spiro atoms. The first-order chi connectivity index (χ1) is 6.36. The Morgan fingerprint density at radius 1 is 1.31 bits per heavy atom. The molecule has 0 aliphatic carbocycles. The van der Waals surface area contributed by atoms with Crippen molar-refractivity contribution in [3.63, 3.8) is 0 Å². The van der Waals surface area contributed by atoms with Gasteiger partial charge in [0.1, 0.15) is 0 Å². The third kappa shape index (κ3) is 3.47. The van der Waals surface area contributed by atoms with Crippen molar-refractivity contribution in [2.24, 2.45) is 0 Å². The summed E-state index contributed by atoms with van der Waals surface area (Å²) in [5.74, 6) is 0.498. The van der Waals surface area contributed by atoms with Crippen LogP contribution in [0, 0.1) is 11.3 Å². The van der Waals surface area contributed by atoms with E-state index in [0.29, 0.717) is 12.2 Å². The summed E-state index contributed by atoms with van der Waals surface area (Å²) >= 11 is 1.49. The summed E-state index contributed by atoms with van der Waals surface area (Å²) < 4.78 is 11.8. The monoisotopic (exact) mass is 195 g/mol. The zero-order chi connectivity index (χ0) is 9.52. The van der Waals surface area contributed by atoms with Crippen molar-refractivity contribution in [1.82, 2.24) is 0 Å². The topological polar surface area (TPSA) is 23.8 Å². The molecule has 0 amide bonds. The van der Waals surface area contributed by atoms with Gasteiger partial charge in [-0.2, -0.15) is 5.26 Å². The Bertz CT molecular complexity index is 289. The fraction of sp³-hybridized carbons (Fsp3) is 0.300. The van der Waals surface area contributed by atoms with Crippen molar-refractivity contribution in [3.8, 4) is 6.07 Å². The molecule has 0 atom stereocenters. The predicted octanol–water partition coefficient (Wildman–Crippen LogP) is 2.81. The van der Waals surface area contributed by atoms with Crippen molar-refractivity contribution in [3.05, 3.63) is 29.8 Å². The highest BCUT2D eigenvalue weighted by Crippen LogP contribution is 2.18. The minimum atomic E-state index is -0.301. The standard InChI is InChI=1S/C10H10FNS/c11-6-8-13-10-3-1-9(2-4-10)5-7-12/h1-4H,5-6,8H2. The maximum Gasteiger partial charge on any atom is 0.0988 e. The molecule has 0 N–H and O–H groups in total. The van der Waals surface area contributed by atoms with E-state index in [-0.39, 0.29) is 6.67 Å². The average molecular weight is 195 g/mol. The molecule has 13 heavy (non-hydrogen) atoms. The van der Waals surface area contributed by atoms with Crippen LogP contribution in [0.2, 0.25) is 0 Å². The van der Waals surface area contributed by atoms with Gasteiger partial charge in [-0.1, -0.05) is 12.1 Å². The predicted molar refractivity (Wildman–Crippen MR) is 52.5 cm³/mol. The van der Waals surface area contributed by atoms with E-state index in [1.807, 2.05) is 24.3 Å². The summed E-state index contributed by atoms with van der Waals surface area (Å²) in [6.45, 7) is -0.301. The molecule has 0 unspecified atom stereocenters. The smallest absolute Gasteiger partial charge is 0.0988 e. The van der Waals surface area contributed by atoms with E-state index in [9.17, 15) is 4.39 Å². The maximum absolute atomic E-state index is 11.8. The molecule has 0 saturated carbocycles. The zero-order valence-corrected chi connectivity index (χ0v) is 7.98. The first kappa shape index (κ1) is 10.1. The summed E-state index contributed by atoms with van der Waals surface area (Å²) in [6, 6.07) is 9.74. The Kier molecular flexibility index (Phi) is 4.34. The van der Waals surface area contributed by atoms with Gasteiger partial charge in [0.2, 0.25) is 0 Å². The van der Waals surface area contributed by atoms with Crippen LogP contribution in [0.3, 0.4) is 0 Å². The molecule has 0 saturated heterocycles. The summed E-state index contributed by atoms with van der Waals surface area (Å²) in [5, 5.41) is 8.43. The SMILES string of the molecule is N#CCc1ccc(SCCF)cc1. The van der Waals surface area contributed by atoms with Crippen LogP contribution in [-0.4, -0.2) is 12.4 Å². The Balaban J connectivity index is 2.55. The lowest BCUT2D eigenvalue weighted by Gasteiger charge is -1.99. The molecule has 0 bridgehead atoms. The van der Waals surface area contributed by atoms with Gasteiger partial charge in [-0.3, -0.25) is 4.39 Å². The summed E-state index contributed by atoms with van der Waals surface area (Å²) in [7, 11) is 0. The van der Waals surface area contributed by atoms with Crippen molar-refractivity contribution in [2.75, 3.05) is 12.4 Å². The second-order valence-corrected chi connectivity index (χ2v) is 3.68. The van der Waals surface area contributed by atoms with E-state index >= 15 is 0 Å². The van der Waals surface area contributed by atoms with Gasteiger partial charge in [0.05, 0.1) is 19.2 Å². The quantitative estimate of drug-likeness (QED) is 0.690. The van der Waals surface area contributed by atoms with Crippen molar-refractivity contribution in [1.29, 1.82) is 5.26 Å². The maximum atomic E-state index is 11.8. The van der Waals surface area contributed by atoms with E-state index in [1.54, 1.807) is 0 Å². The lowest BCUT2D eigenvalue weighted by Crippen LogP contribution is -1.83. The minimum absolute atomic E-state index is 0.301. The van der Waals surface area contributed by atoms with E-state index < -0.39 is 0 Å². The van der Waals surface area contributed by atoms with Crippen LogP contribution < -0.4 is 0 Å². The third-order valence-corrected chi connectivity index (χ3v) is 2.52. The molecule has 1 aromatic rings. The molecular weight excluding hydrogens is 185 g/mol. The number of hydrogen-bond donors (Lipinski definition) is 0. The van der Waals surface area contributed by atoms with Gasteiger partial charge in [-0.05, 0) is 17.7 Å². The lowest BCUT2D eigenvalue weighted by atomic mass is 10.2. The number of nitriles is 1. The molecule has 3 heteroatoms. The molecule has 0 heterocycles. The number of halogens is 1. The number of alkyl halides is 1. The Hall–Kier alpha value is -1.01. The number of thioether (sulfide) groups is 1. The van der Waals surface area contributed by atoms with Gasteiger partial charge in [0, 0.05) is 10.6 Å². The van der Waals surface area contributed by atoms with Crippen molar-refractivity contribution >= 4 is 11.8 Å². The molecule has 1 nitrogen and oxygen atoms in total. The van der Waals surface area contributed by atoms with Gasteiger partial charge in [-0.25, -0.2) is 0 Å². The highest BCUT2D eigenvalue weighted by Gasteiger charge is 1.94. The zero-order valence-electron chi connectivity index (χ0n) is 7.16. The van der Waals surface area contributed by atoms with Crippen LogP contribution in [0.5, 0.6) is 0 Å². The fourth-order valence-electron chi connectivity index (χ4n) is 0.951. The molecule has 68 valence electrons. The summed E-state index contributed by atoms with van der Waals surface area (Å²) in [5.41, 5.74) is 1.01. The normalized spacial score (nSPS) is 9.54. The Morgan fingerprint density at radius 2 is 2.00 bits per heavy atom. The Morgan fingerprint density at radius 3 is 2.54 bits per heavy atom. The van der Waals surface area contributed by atoms with Gasteiger partial charge in [0.15, 0.2) is 0 Å². The second-order valence-electron chi connectivity index (χ2n) is 2.52. The second kappa shape index (κ2) is 5.60. The average Bonchev–Trinajstić information content (AvgIpc) is 2.17. The van der Waals surface area contributed by atoms with Crippen LogP contribution in [0.25, 0.3) is 0 Å². The lowest BCUT2D eigenvalue weighted by molar-refractivity contribution is 0.533. The minimum Gasteiger partial charge on any atom is -0.250 e. The van der Waals surface area contributed by atoms with E-state index in [2.05, 4.69) is 6.07 Å². The van der Waals surface area contributed by atoms with Crippen molar-refractivity contribution in [2.45, 2.75) is 11.3 Å². The van der Waals surface area contributed by atoms with Crippen LogP contribution in [-0.2, 0) is 6.42 Å². The summed E-state index contributed by atoms with van der Waals surface area (Å²) in [6.07, 6.45) is 0.439. The van der Waals surface area contributed by atoms with Gasteiger partial charge < -0.3 is 0 Å². The molecule has 0 aromatic heterocycles. The first-order valence-electron chi connectivity index (χ1n) is 4.01. The molecule has 0 aliphatic heterocycles. The van der Waals surface area contributed by atoms with Crippen LogP contribution in [0.15, 0.2) is 29.2 Å². The number of hydrogen-bond acceptors (Lipinski definition) is 2. The van der Waals surface area contributed by atoms with E-state index in [4.69, 9.17) is 5.26 Å². The summed E-state index contributed by atoms with van der Waals surface area (Å²) in [4.78, 5) is 1.05. The van der Waals surface area contributed by atoms with Crippen molar-refractivity contribution < 1.29 is 4.39 Å². The third-order valence-electron chi connectivity index (χ3n) is 1.55. The molecule has 1 aromatic carbocycles. The molecule has 0 fully saturated rings.